The van der Waals surface area contributed by atoms with Crippen LogP contribution in [0.15, 0.2) is 35.4 Å². The second-order valence-corrected chi connectivity index (χ2v) is 6.11. The third-order valence-corrected chi connectivity index (χ3v) is 4.37. The SMILES string of the molecule is CC1CCN(C(=O)C(C)n2nc(-n3cccn3)ccc2=O)CC1. The van der Waals surface area contributed by atoms with E-state index in [1.807, 2.05) is 4.90 Å². The van der Waals surface area contributed by atoms with E-state index in [-0.39, 0.29) is 11.5 Å². The first kappa shape index (κ1) is 15.5. The van der Waals surface area contributed by atoms with Crippen LogP contribution in [0, 0.1) is 5.92 Å². The Hall–Kier alpha value is -2.44. The number of piperidine rings is 1. The molecule has 7 nitrogen and oxygen atoms in total. The van der Waals surface area contributed by atoms with Crippen molar-refractivity contribution < 1.29 is 4.79 Å². The van der Waals surface area contributed by atoms with Crippen LogP contribution in [0.3, 0.4) is 0 Å². The summed E-state index contributed by atoms with van der Waals surface area (Å²) in [4.78, 5) is 26.6. The van der Waals surface area contributed by atoms with E-state index in [4.69, 9.17) is 0 Å². The molecule has 1 aliphatic heterocycles. The van der Waals surface area contributed by atoms with Crippen molar-refractivity contribution in [1.29, 1.82) is 0 Å². The minimum atomic E-state index is -0.619. The summed E-state index contributed by atoms with van der Waals surface area (Å²) < 4.78 is 2.81. The first-order valence-electron chi connectivity index (χ1n) is 7.95. The van der Waals surface area contributed by atoms with Crippen molar-refractivity contribution in [2.75, 3.05) is 13.1 Å². The average molecular weight is 315 g/mol. The molecule has 1 saturated heterocycles. The Bertz CT molecular complexity index is 729. The number of likely N-dealkylation sites (tertiary alicyclic amines) is 1. The zero-order chi connectivity index (χ0) is 16.4. The molecule has 0 N–H and O–H groups in total. The van der Waals surface area contributed by atoms with Crippen molar-refractivity contribution in [3.63, 3.8) is 0 Å². The molecule has 0 radical (unpaired) electrons. The lowest BCUT2D eigenvalue weighted by atomic mass is 9.99. The Morgan fingerprint density at radius 2 is 2.04 bits per heavy atom. The third kappa shape index (κ3) is 3.18. The third-order valence-electron chi connectivity index (χ3n) is 4.37. The Morgan fingerprint density at radius 3 is 2.70 bits per heavy atom. The van der Waals surface area contributed by atoms with Gasteiger partial charge in [0, 0.05) is 31.5 Å². The summed E-state index contributed by atoms with van der Waals surface area (Å²) >= 11 is 0. The van der Waals surface area contributed by atoms with E-state index < -0.39 is 6.04 Å². The summed E-state index contributed by atoms with van der Waals surface area (Å²) in [6, 6.07) is 4.18. The van der Waals surface area contributed by atoms with Crippen molar-refractivity contribution in [2.45, 2.75) is 32.7 Å². The lowest BCUT2D eigenvalue weighted by molar-refractivity contribution is -0.136. The molecule has 0 aromatic carbocycles. The normalized spacial score (nSPS) is 17.2. The summed E-state index contributed by atoms with van der Waals surface area (Å²) in [5.41, 5.74) is -0.285. The van der Waals surface area contributed by atoms with Crippen LogP contribution in [-0.4, -0.2) is 43.5 Å². The zero-order valence-electron chi connectivity index (χ0n) is 13.4. The zero-order valence-corrected chi connectivity index (χ0v) is 13.4. The highest BCUT2D eigenvalue weighted by molar-refractivity contribution is 5.80. The van der Waals surface area contributed by atoms with Gasteiger partial charge in [0.15, 0.2) is 5.82 Å². The highest BCUT2D eigenvalue weighted by Crippen LogP contribution is 2.18. The maximum Gasteiger partial charge on any atom is 0.267 e. The van der Waals surface area contributed by atoms with Crippen LogP contribution in [0.2, 0.25) is 0 Å². The van der Waals surface area contributed by atoms with Gasteiger partial charge in [-0.25, -0.2) is 9.36 Å². The topological polar surface area (TPSA) is 73.0 Å². The molecule has 122 valence electrons. The fourth-order valence-electron chi connectivity index (χ4n) is 2.82. The lowest BCUT2D eigenvalue weighted by Crippen LogP contribution is -2.43. The largest absolute Gasteiger partial charge is 0.341 e. The van der Waals surface area contributed by atoms with Crippen molar-refractivity contribution in [1.82, 2.24) is 24.5 Å². The van der Waals surface area contributed by atoms with E-state index in [0.29, 0.717) is 11.7 Å². The van der Waals surface area contributed by atoms with Gasteiger partial charge in [-0.3, -0.25) is 9.59 Å². The monoisotopic (exact) mass is 315 g/mol. The van der Waals surface area contributed by atoms with Gasteiger partial charge in [-0.1, -0.05) is 6.92 Å². The highest BCUT2D eigenvalue weighted by atomic mass is 16.2. The van der Waals surface area contributed by atoms with Crippen molar-refractivity contribution in [3.8, 4) is 5.82 Å². The smallest absolute Gasteiger partial charge is 0.267 e. The van der Waals surface area contributed by atoms with E-state index in [1.165, 1.54) is 10.7 Å². The Balaban J connectivity index is 1.84. The Kier molecular flexibility index (Phi) is 4.27. The molecule has 0 saturated carbocycles. The Morgan fingerprint density at radius 1 is 1.30 bits per heavy atom. The minimum absolute atomic E-state index is 0.0517. The number of carbonyl (C=O) groups is 1. The van der Waals surface area contributed by atoms with Gasteiger partial charge in [0.2, 0.25) is 5.91 Å². The van der Waals surface area contributed by atoms with Gasteiger partial charge < -0.3 is 4.90 Å². The minimum Gasteiger partial charge on any atom is -0.341 e. The molecular weight excluding hydrogens is 294 g/mol. The van der Waals surface area contributed by atoms with Crippen LogP contribution in [0.25, 0.3) is 5.82 Å². The van der Waals surface area contributed by atoms with Gasteiger partial charge >= 0.3 is 0 Å². The van der Waals surface area contributed by atoms with Crippen LogP contribution >= 0.6 is 0 Å². The molecule has 2 aromatic rings. The van der Waals surface area contributed by atoms with E-state index in [0.717, 1.165) is 25.9 Å². The molecule has 1 aliphatic rings. The fourth-order valence-corrected chi connectivity index (χ4v) is 2.82. The maximum absolute atomic E-state index is 12.7. The summed E-state index contributed by atoms with van der Waals surface area (Å²) in [5, 5.41) is 8.41. The number of nitrogens with zero attached hydrogens (tertiary/aromatic N) is 5. The molecule has 3 heterocycles. The second-order valence-electron chi connectivity index (χ2n) is 6.11. The molecule has 3 rings (SSSR count). The molecule has 1 amide bonds. The van der Waals surface area contributed by atoms with Gasteiger partial charge in [-0.15, -0.1) is 5.10 Å². The number of rotatable bonds is 3. The van der Waals surface area contributed by atoms with Crippen LogP contribution in [-0.2, 0) is 4.79 Å². The van der Waals surface area contributed by atoms with Gasteiger partial charge in [0.25, 0.3) is 5.56 Å². The predicted octanol–water partition coefficient (Wildman–Crippen LogP) is 1.25. The summed E-state index contributed by atoms with van der Waals surface area (Å²) in [6.45, 7) is 5.42. The average Bonchev–Trinajstić information content (AvgIpc) is 3.09. The molecule has 2 aromatic heterocycles. The van der Waals surface area contributed by atoms with Gasteiger partial charge in [0.05, 0.1) is 0 Å². The van der Waals surface area contributed by atoms with E-state index in [1.54, 1.807) is 36.1 Å². The maximum atomic E-state index is 12.7. The highest BCUT2D eigenvalue weighted by Gasteiger charge is 2.26. The number of amides is 1. The van der Waals surface area contributed by atoms with Crippen LogP contribution < -0.4 is 5.56 Å². The summed E-state index contributed by atoms with van der Waals surface area (Å²) in [7, 11) is 0. The number of aromatic nitrogens is 4. The van der Waals surface area contributed by atoms with Gasteiger partial charge in [-0.05, 0) is 37.8 Å². The van der Waals surface area contributed by atoms with Crippen LogP contribution in [0.4, 0.5) is 0 Å². The van der Waals surface area contributed by atoms with Crippen LogP contribution in [0.1, 0.15) is 32.7 Å². The van der Waals surface area contributed by atoms with E-state index in [2.05, 4.69) is 17.1 Å². The molecule has 1 unspecified atom stereocenters. The molecule has 1 fully saturated rings. The van der Waals surface area contributed by atoms with Gasteiger partial charge in [0.1, 0.15) is 6.04 Å². The number of hydrogen-bond acceptors (Lipinski definition) is 4. The van der Waals surface area contributed by atoms with E-state index in [9.17, 15) is 9.59 Å². The first-order valence-corrected chi connectivity index (χ1v) is 7.95. The van der Waals surface area contributed by atoms with Crippen molar-refractivity contribution >= 4 is 5.91 Å². The van der Waals surface area contributed by atoms with Crippen molar-refractivity contribution in [2.24, 2.45) is 5.92 Å². The molecule has 23 heavy (non-hydrogen) atoms. The second kappa shape index (κ2) is 6.36. The first-order chi connectivity index (χ1) is 11.1. The molecule has 1 atom stereocenters. The molecule has 7 heteroatoms. The van der Waals surface area contributed by atoms with Crippen LogP contribution in [0.5, 0.6) is 0 Å². The van der Waals surface area contributed by atoms with Crippen molar-refractivity contribution in [3.05, 3.63) is 40.9 Å². The Labute approximate surface area is 134 Å². The quantitative estimate of drug-likeness (QED) is 0.854. The molecule has 0 bridgehead atoms. The van der Waals surface area contributed by atoms with E-state index >= 15 is 0 Å². The summed E-state index contributed by atoms with van der Waals surface area (Å²) in [6.07, 6.45) is 5.40. The summed E-state index contributed by atoms with van der Waals surface area (Å²) in [5.74, 6) is 1.11. The predicted molar refractivity (Wildman–Crippen MR) is 85.3 cm³/mol. The number of carbonyl (C=O) groups excluding carboxylic acids is 1. The van der Waals surface area contributed by atoms with Gasteiger partial charge in [-0.2, -0.15) is 5.10 Å². The molecule has 0 spiro atoms. The number of hydrogen-bond donors (Lipinski definition) is 0. The standard InChI is InChI=1S/C16H21N5O2/c1-12-6-10-19(11-7-12)16(23)13(2)21-15(22)5-4-14(18-21)20-9-3-8-17-20/h3-5,8-9,12-13H,6-7,10-11H2,1-2H3. The fraction of sp³-hybridized carbons (Fsp3) is 0.500. The molecular formula is C16H21N5O2. The molecule has 0 aliphatic carbocycles. The lowest BCUT2D eigenvalue weighted by Gasteiger charge is -2.32.